The SMILES string of the molecule is Cc1cc(Br)cc(C(=O)O)c1CBr. The molecule has 0 bridgehead atoms. The molecule has 4 heteroatoms. The van der Waals surface area contributed by atoms with Gasteiger partial charge in [-0.3, -0.25) is 0 Å². The first kappa shape index (κ1) is 10.7. The number of aromatic carboxylic acids is 1. The van der Waals surface area contributed by atoms with Crippen molar-refractivity contribution >= 4 is 37.8 Å². The third-order valence-electron chi connectivity index (χ3n) is 1.80. The Morgan fingerprint density at radius 1 is 1.54 bits per heavy atom. The highest BCUT2D eigenvalue weighted by Gasteiger charge is 2.12. The summed E-state index contributed by atoms with van der Waals surface area (Å²) in [6.07, 6.45) is 0. The van der Waals surface area contributed by atoms with Crippen molar-refractivity contribution in [3.63, 3.8) is 0 Å². The molecule has 1 aromatic carbocycles. The van der Waals surface area contributed by atoms with Gasteiger partial charge in [-0.1, -0.05) is 31.9 Å². The van der Waals surface area contributed by atoms with Crippen LogP contribution in [0.25, 0.3) is 0 Å². The van der Waals surface area contributed by atoms with Gasteiger partial charge in [0.15, 0.2) is 0 Å². The number of hydrogen-bond donors (Lipinski definition) is 1. The van der Waals surface area contributed by atoms with Crippen LogP contribution < -0.4 is 0 Å². The molecule has 0 saturated carbocycles. The molecular formula is C9H8Br2O2. The Balaban J connectivity index is 3.38. The first-order valence-corrected chi connectivity index (χ1v) is 5.56. The number of hydrogen-bond acceptors (Lipinski definition) is 1. The Hall–Kier alpha value is -0.350. The van der Waals surface area contributed by atoms with Crippen LogP contribution >= 0.6 is 31.9 Å². The lowest BCUT2D eigenvalue weighted by Gasteiger charge is -2.07. The Morgan fingerprint density at radius 2 is 2.15 bits per heavy atom. The maximum Gasteiger partial charge on any atom is 0.336 e. The van der Waals surface area contributed by atoms with E-state index in [0.29, 0.717) is 10.9 Å². The number of carbonyl (C=O) groups is 1. The largest absolute Gasteiger partial charge is 0.478 e. The zero-order valence-corrected chi connectivity index (χ0v) is 10.1. The molecule has 1 rings (SSSR count). The van der Waals surface area contributed by atoms with Crippen molar-refractivity contribution in [1.82, 2.24) is 0 Å². The summed E-state index contributed by atoms with van der Waals surface area (Å²) >= 11 is 6.54. The molecule has 0 heterocycles. The van der Waals surface area contributed by atoms with E-state index in [0.717, 1.165) is 15.6 Å². The van der Waals surface area contributed by atoms with E-state index in [1.165, 1.54) is 0 Å². The van der Waals surface area contributed by atoms with Crippen LogP contribution in [0, 0.1) is 6.92 Å². The second-order valence-electron chi connectivity index (χ2n) is 2.69. The molecule has 1 aromatic rings. The molecule has 0 atom stereocenters. The summed E-state index contributed by atoms with van der Waals surface area (Å²) in [5.41, 5.74) is 2.16. The monoisotopic (exact) mass is 306 g/mol. The van der Waals surface area contributed by atoms with E-state index in [9.17, 15) is 4.79 Å². The number of alkyl halides is 1. The second kappa shape index (κ2) is 4.24. The molecule has 0 unspecified atom stereocenters. The van der Waals surface area contributed by atoms with Crippen LogP contribution in [-0.4, -0.2) is 11.1 Å². The fourth-order valence-electron chi connectivity index (χ4n) is 1.14. The summed E-state index contributed by atoms with van der Waals surface area (Å²) in [7, 11) is 0. The average molecular weight is 308 g/mol. The number of carboxylic acids is 1. The van der Waals surface area contributed by atoms with Gasteiger partial charge in [0.2, 0.25) is 0 Å². The van der Waals surface area contributed by atoms with Gasteiger partial charge >= 0.3 is 5.97 Å². The topological polar surface area (TPSA) is 37.3 Å². The van der Waals surface area contributed by atoms with E-state index in [2.05, 4.69) is 31.9 Å². The fraction of sp³-hybridized carbons (Fsp3) is 0.222. The van der Waals surface area contributed by atoms with Crippen LogP contribution in [0.3, 0.4) is 0 Å². The predicted octanol–water partition coefficient (Wildman–Crippen LogP) is 3.35. The lowest BCUT2D eigenvalue weighted by molar-refractivity contribution is 0.0696. The standard InChI is InChI=1S/C9H8Br2O2/c1-5-2-6(11)3-7(9(12)13)8(5)4-10/h2-3H,4H2,1H3,(H,12,13). The van der Waals surface area contributed by atoms with Gasteiger partial charge in [0, 0.05) is 9.80 Å². The third kappa shape index (κ3) is 2.31. The first-order valence-electron chi connectivity index (χ1n) is 3.64. The maximum absolute atomic E-state index is 10.8. The van der Waals surface area contributed by atoms with Crippen LogP contribution in [-0.2, 0) is 5.33 Å². The molecule has 0 radical (unpaired) electrons. The highest BCUT2D eigenvalue weighted by Crippen LogP contribution is 2.23. The molecule has 0 fully saturated rings. The van der Waals surface area contributed by atoms with Crippen molar-refractivity contribution in [2.75, 3.05) is 0 Å². The smallest absolute Gasteiger partial charge is 0.336 e. The van der Waals surface area contributed by atoms with E-state index >= 15 is 0 Å². The van der Waals surface area contributed by atoms with Gasteiger partial charge in [-0.15, -0.1) is 0 Å². The van der Waals surface area contributed by atoms with E-state index in [4.69, 9.17) is 5.11 Å². The Morgan fingerprint density at radius 3 is 2.62 bits per heavy atom. The molecule has 0 aliphatic heterocycles. The molecule has 0 aromatic heterocycles. The minimum absolute atomic E-state index is 0.351. The summed E-state index contributed by atoms with van der Waals surface area (Å²) in [6, 6.07) is 3.52. The summed E-state index contributed by atoms with van der Waals surface area (Å²) in [5.74, 6) is -0.890. The highest BCUT2D eigenvalue weighted by atomic mass is 79.9. The van der Waals surface area contributed by atoms with Gasteiger partial charge in [0.05, 0.1) is 5.56 Å². The Bertz CT molecular complexity index is 348. The molecule has 70 valence electrons. The second-order valence-corrected chi connectivity index (χ2v) is 4.16. The van der Waals surface area contributed by atoms with Gasteiger partial charge in [-0.2, -0.15) is 0 Å². The third-order valence-corrected chi connectivity index (χ3v) is 2.82. The van der Waals surface area contributed by atoms with Gasteiger partial charge < -0.3 is 5.11 Å². The van der Waals surface area contributed by atoms with Crippen molar-refractivity contribution in [3.8, 4) is 0 Å². The van der Waals surface area contributed by atoms with E-state index in [1.54, 1.807) is 6.07 Å². The molecule has 0 aliphatic rings. The number of carboxylic acid groups (broad SMARTS) is 1. The van der Waals surface area contributed by atoms with Crippen LogP contribution in [0.4, 0.5) is 0 Å². The zero-order chi connectivity index (χ0) is 10.0. The zero-order valence-electron chi connectivity index (χ0n) is 6.97. The van der Waals surface area contributed by atoms with Crippen LogP contribution in [0.5, 0.6) is 0 Å². The summed E-state index contributed by atoms with van der Waals surface area (Å²) in [4.78, 5) is 10.8. The summed E-state index contributed by atoms with van der Waals surface area (Å²) in [5, 5.41) is 9.47. The van der Waals surface area contributed by atoms with Crippen molar-refractivity contribution in [2.24, 2.45) is 0 Å². The number of aryl methyl sites for hydroxylation is 1. The van der Waals surface area contributed by atoms with E-state index in [-0.39, 0.29) is 0 Å². The Kier molecular flexibility index (Phi) is 3.50. The highest BCUT2D eigenvalue weighted by molar-refractivity contribution is 9.10. The average Bonchev–Trinajstić information content (AvgIpc) is 2.02. The molecule has 1 N–H and O–H groups in total. The molecule has 13 heavy (non-hydrogen) atoms. The van der Waals surface area contributed by atoms with Gasteiger partial charge in [0.1, 0.15) is 0 Å². The quantitative estimate of drug-likeness (QED) is 0.851. The number of benzene rings is 1. The molecule has 0 aliphatic carbocycles. The molecule has 0 saturated heterocycles. The van der Waals surface area contributed by atoms with Gasteiger partial charge in [0.25, 0.3) is 0 Å². The van der Waals surface area contributed by atoms with Crippen LogP contribution in [0.15, 0.2) is 16.6 Å². The number of rotatable bonds is 2. The minimum atomic E-state index is -0.890. The summed E-state index contributed by atoms with van der Waals surface area (Å²) in [6.45, 7) is 1.90. The molecular weight excluding hydrogens is 300 g/mol. The van der Waals surface area contributed by atoms with E-state index in [1.807, 2.05) is 13.0 Å². The fourth-order valence-corrected chi connectivity index (χ4v) is 2.46. The minimum Gasteiger partial charge on any atom is -0.478 e. The van der Waals surface area contributed by atoms with Gasteiger partial charge in [-0.25, -0.2) is 4.79 Å². The Labute approximate surface area is 93.2 Å². The predicted molar refractivity (Wildman–Crippen MR) is 58.5 cm³/mol. The lowest BCUT2D eigenvalue weighted by atomic mass is 10.0. The van der Waals surface area contributed by atoms with Crippen molar-refractivity contribution < 1.29 is 9.90 Å². The van der Waals surface area contributed by atoms with Crippen LogP contribution in [0.1, 0.15) is 21.5 Å². The molecule has 0 amide bonds. The van der Waals surface area contributed by atoms with Crippen LogP contribution in [0.2, 0.25) is 0 Å². The number of halogens is 2. The van der Waals surface area contributed by atoms with Crippen molar-refractivity contribution in [1.29, 1.82) is 0 Å². The first-order chi connectivity index (χ1) is 6.06. The normalized spacial score (nSPS) is 10.1. The maximum atomic E-state index is 10.8. The van der Waals surface area contributed by atoms with Gasteiger partial charge in [-0.05, 0) is 30.2 Å². The van der Waals surface area contributed by atoms with Crippen molar-refractivity contribution in [2.45, 2.75) is 12.3 Å². The summed E-state index contributed by atoms with van der Waals surface area (Å²) < 4.78 is 0.798. The molecule has 2 nitrogen and oxygen atoms in total. The van der Waals surface area contributed by atoms with Crippen molar-refractivity contribution in [3.05, 3.63) is 33.3 Å². The van der Waals surface area contributed by atoms with E-state index < -0.39 is 5.97 Å². The lowest BCUT2D eigenvalue weighted by Crippen LogP contribution is -2.03. The molecule has 0 spiro atoms.